The van der Waals surface area contributed by atoms with Crippen molar-refractivity contribution < 1.29 is 32.9 Å². The van der Waals surface area contributed by atoms with Crippen molar-refractivity contribution in [2.24, 2.45) is 5.41 Å². The number of nitrogens with zero attached hydrogens (tertiary/aromatic N) is 2. The van der Waals surface area contributed by atoms with Crippen molar-refractivity contribution in [3.8, 4) is 23.0 Å². The minimum Gasteiger partial charge on any atom is -0.493 e. The van der Waals surface area contributed by atoms with Crippen LogP contribution in [0.25, 0.3) is 10.9 Å². The Kier molecular flexibility index (Phi) is 10.7. The summed E-state index contributed by atoms with van der Waals surface area (Å²) >= 11 is 6.43. The van der Waals surface area contributed by atoms with E-state index in [9.17, 15) is 14.0 Å². The van der Waals surface area contributed by atoms with E-state index in [1.807, 2.05) is 4.90 Å². The lowest BCUT2D eigenvalue weighted by atomic mass is 9.77. The molecule has 0 unspecified atom stereocenters. The molecule has 2 saturated heterocycles. The van der Waals surface area contributed by atoms with Gasteiger partial charge >= 0.3 is 6.03 Å². The molecule has 5 rings (SSSR count). The fourth-order valence-electron chi connectivity index (χ4n) is 5.46. The van der Waals surface area contributed by atoms with Crippen LogP contribution in [0.1, 0.15) is 32.6 Å². The molecule has 3 heterocycles. The number of likely N-dealkylation sites (tertiary alicyclic amines) is 1. The van der Waals surface area contributed by atoms with E-state index in [1.165, 1.54) is 6.08 Å². The molecule has 0 saturated carbocycles. The Morgan fingerprint density at radius 2 is 1.89 bits per heavy atom. The maximum Gasteiger partial charge on any atom is 0.323 e. The average Bonchev–Trinajstić information content (AvgIpc) is 3.02. The van der Waals surface area contributed by atoms with Crippen molar-refractivity contribution in [1.82, 2.24) is 15.2 Å². The van der Waals surface area contributed by atoms with Gasteiger partial charge in [0.05, 0.1) is 48.9 Å². The van der Waals surface area contributed by atoms with Gasteiger partial charge in [-0.05, 0) is 56.5 Å². The van der Waals surface area contributed by atoms with E-state index in [0.717, 1.165) is 39.1 Å². The summed E-state index contributed by atoms with van der Waals surface area (Å²) in [5.41, 5.74) is 1.63. The molecule has 248 valence electrons. The molecule has 3 amide bonds. The molecule has 0 radical (unpaired) electrons. The second kappa shape index (κ2) is 14.9. The van der Waals surface area contributed by atoms with E-state index in [0.29, 0.717) is 64.3 Å². The number of halogens is 2. The zero-order valence-electron chi connectivity index (χ0n) is 26.5. The number of ether oxygens (including phenoxy) is 4. The number of hydrogen-bond acceptors (Lipinski definition) is 7. The Bertz CT molecular complexity index is 1710. The highest BCUT2D eigenvalue weighted by molar-refractivity contribution is 6.33. The standard InChI is InChI=1S/C35H38ClFN4O6/c1-22(2)16-28(23(3)37)40-34(43)39-27-8-7-24(17-26(27)36)47-30-9-12-38-29-19-32(31(44-4)18-25(29)30)46-15-5-6-33(42)41-13-10-35(11-14-41)20-45-21-35/h7-9,12,16-19H,1,3,5-6,10-11,13-15,20-21H2,2,4H3,(H2,39,40,43)/b28-16+. The van der Waals surface area contributed by atoms with Gasteiger partial charge < -0.3 is 34.5 Å². The van der Waals surface area contributed by atoms with Crippen LogP contribution in [0.15, 0.2) is 78.9 Å². The van der Waals surface area contributed by atoms with Crippen molar-refractivity contribution in [2.45, 2.75) is 32.6 Å². The SMILES string of the molecule is C=C(C)/C=C(/NC(=O)Nc1ccc(Oc2ccnc3cc(OCCCC(=O)N4CCC5(CC4)COC5)c(OC)cc23)cc1Cl)C(=C)F. The number of hydrogen-bond donors (Lipinski definition) is 2. The quantitative estimate of drug-likeness (QED) is 0.152. The molecule has 0 atom stereocenters. The van der Waals surface area contributed by atoms with Crippen LogP contribution >= 0.6 is 11.6 Å². The number of aromatic nitrogens is 1. The molecule has 3 aromatic rings. The maximum atomic E-state index is 13.7. The topological polar surface area (TPSA) is 111 Å². The largest absolute Gasteiger partial charge is 0.493 e. The van der Waals surface area contributed by atoms with Crippen LogP contribution in [0.2, 0.25) is 5.02 Å². The van der Waals surface area contributed by atoms with Gasteiger partial charge in [0, 0.05) is 48.6 Å². The smallest absolute Gasteiger partial charge is 0.323 e. The van der Waals surface area contributed by atoms with E-state index in [1.54, 1.807) is 56.6 Å². The van der Waals surface area contributed by atoms with Gasteiger partial charge in [0.15, 0.2) is 11.5 Å². The van der Waals surface area contributed by atoms with Crippen LogP contribution in [0.5, 0.6) is 23.0 Å². The number of fused-ring (bicyclic) bond motifs is 1. The summed E-state index contributed by atoms with van der Waals surface area (Å²) in [7, 11) is 1.55. The second-order valence-electron chi connectivity index (χ2n) is 11.8. The highest BCUT2D eigenvalue weighted by Gasteiger charge is 2.41. The molecular formula is C35H38ClFN4O6. The van der Waals surface area contributed by atoms with Gasteiger partial charge in [-0.15, -0.1) is 0 Å². The van der Waals surface area contributed by atoms with Gasteiger partial charge in [-0.3, -0.25) is 9.78 Å². The minimum absolute atomic E-state index is 0.111. The summed E-state index contributed by atoms with van der Waals surface area (Å²) < 4.78 is 36.9. The predicted molar refractivity (Wildman–Crippen MR) is 179 cm³/mol. The normalized spacial score (nSPS) is 15.5. The molecule has 2 aromatic carbocycles. The highest BCUT2D eigenvalue weighted by atomic mass is 35.5. The van der Waals surface area contributed by atoms with E-state index in [2.05, 4.69) is 28.8 Å². The Balaban J connectivity index is 1.19. The summed E-state index contributed by atoms with van der Waals surface area (Å²) in [4.78, 5) is 31.6. The number of piperidine rings is 1. The molecule has 2 aliphatic heterocycles. The van der Waals surface area contributed by atoms with E-state index in [-0.39, 0.29) is 22.3 Å². The van der Waals surface area contributed by atoms with Crippen LogP contribution in [-0.4, -0.2) is 61.8 Å². The van der Waals surface area contributed by atoms with Crippen LogP contribution in [0, 0.1) is 5.41 Å². The number of anilines is 1. The number of benzene rings is 2. The molecule has 1 aromatic heterocycles. The van der Waals surface area contributed by atoms with Crippen molar-refractivity contribution in [3.05, 3.63) is 83.9 Å². The average molecular weight is 665 g/mol. The van der Waals surface area contributed by atoms with E-state index < -0.39 is 11.9 Å². The van der Waals surface area contributed by atoms with Crippen LogP contribution in [-0.2, 0) is 9.53 Å². The molecule has 1 spiro atoms. The van der Waals surface area contributed by atoms with Crippen molar-refractivity contribution in [2.75, 3.05) is 45.3 Å². The third kappa shape index (κ3) is 8.41. The zero-order chi connectivity index (χ0) is 33.6. The van der Waals surface area contributed by atoms with Crippen LogP contribution in [0.4, 0.5) is 14.9 Å². The number of pyridine rings is 1. The lowest BCUT2D eigenvalue weighted by Gasteiger charge is -2.47. The monoisotopic (exact) mass is 664 g/mol. The first kappa shape index (κ1) is 33.7. The lowest BCUT2D eigenvalue weighted by molar-refractivity contribution is -0.153. The van der Waals surface area contributed by atoms with Gasteiger partial charge in [0.2, 0.25) is 5.91 Å². The predicted octanol–water partition coefficient (Wildman–Crippen LogP) is 7.55. The Morgan fingerprint density at radius 1 is 1.13 bits per heavy atom. The third-order valence-electron chi connectivity index (χ3n) is 8.12. The Labute approximate surface area is 278 Å². The number of methoxy groups -OCH3 is 1. The molecule has 2 N–H and O–H groups in total. The summed E-state index contributed by atoms with van der Waals surface area (Å²) in [5, 5.41) is 5.84. The number of carbonyl (C=O) groups is 2. The fraction of sp³-hybridized carbons (Fsp3) is 0.343. The van der Waals surface area contributed by atoms with Gasteiger partial charge in [0.25, 0.3) is 0 Å². The Hall–Kier alpha value is -4.61. The number of urea groups is 1. The number of carbonyl (C=O) groups excluding carboxylic acids is 2. The molecule has 2 aliphatic rings. The van der Waals surface area contributed by atoms with Gasteiger partial charge in [0.1, 0.15) is 17.3 Å². The first-order valence-corrected chi connectivity index (χ1v) is 15.7. The first-order valence-electron chi connectivity index (χ1n) is 15.3. The van der Waals surface area contributed by atoms with E-state index in [4.69, 9.17) is 30.5 Å². The summed E-state index contributed by atoms with van der Waals surface area (Å²) in [6.07, 6.45) is 5.98. The third-order valence-corrected chi connectivity index (χ3v) is 8.43. The van der Waals surface area contributed by atoms with Crippen LogP contribution in [0.3, 0.4) is 0 Å². The molecule has 12 heteroatoms. The van der Waals surface area contributed by atoms with E-state index >= 15 is 0 Å². The highest BCUT2D eigenvalue weighted by Crippen LogP contribution is 2.39. The summed E-state index contributed by atoms with van der Waals surface area (Å²) in [6, 6.07) is 9.30. The van der Waals surface area contributed by atoms with Gasteiger partial charge in [-0.25, -0.2) is 9.18 Å². The fourth-order valence-corrected chi connectivity index (χ4v) is 5.67. The maximum absolute atomic E-state index is 13.7. The van der Waals surface area contributed by atoms with Crippen molar-refractivity contribution in [1.29, 1.82) is 0 Å². The van der Waals surface area contributed by atoms with Crippen molar-refractivity contribution in [3.63, 3.8) is 0 Å². The van der Waals surface area contributed by atoms with Crippen molar-refractivity contribution >= 4 is 40.1 Å². The molecule has 0 aliphatic carbocycles. The molecule has 0 bridgehead atoms. The number of allylic oxidation sites excluding steroid dienone is 3. The molecule has 2 fully saturated rings. The lowest BCUT2D eigenvalue weighted by Crippen LogP contribution is -2.52. The molecule has 47 heavy (non-hydrogen) atoms. The minimum atomic E-state index is -0.810. The number of nitrogens with one attached hydrogen (secondary N) is 2. The van der Waals surface area contributed by atoms with Crippen LogP contribution < -0.4 is 24.8 Å². The van der Waals surface area contributed by atoms with Gasteiger partial charge in [-0.2, -0.15) is 0 Å². The number of rotatable bonds is 12. The second-order valence-corrected chi connectivity index (χ2v) is 12.2. The summed E-state index contributed by atoms with van der Waals surface area (Å²) in [5.74, 6) is 1.24. The Morgan fingerprint density at radius 3 is 2.53 bits per heavy atom. The zero-order valence-corrected chi connectivity index (χ0v) is 27.3. The summed E-state index contributed by atoms with van der Waals surface area (Å²) in [6.45, 7) is 12.1. The van der Waals surface area contributed by atoms with Gasteiger partial charge in [-0.1, -0.05) is 30.3 Å². The molecular weight excluding hydrogens is 627 g/mol. The first-order chi connectivity index (χ1) is 22.6. The number of amides is 3. The molecule has 10 nitrogen and oxygen atoms in total.